The summed E-state index contributed by atoms with van der Waals surface area (Å²) in [6, 6.07) is 12.8. The molecule has 0 fully saturated rings. The smallest absolute Gasteiger partial charge is 0.338 e. The number of aromatic nitrogens is 4. The van der Waals surface area contributed by atoms with Crippen molar-refractivity contribution in [2.75, 3.05) is 5.32 Å². The monoisotopic (exact) mass is 435 g/mol. The molecule has 1 N–H and O–H groups in total. The fraction of sp³-hybridized carbons (Fsp3) is 0.227. The first-order valence-corrected chi connectivity index (χ1v) is 10.7. The number of anilines is 1. The average Bonchev–Trinajstić information content (AvgIpc) is 3.39. The molecular weight excluding hydrogens is 414 g/mol. The maximum atomic E-state index is 12.4. The van der Waals surface area contributed by atoms with E-state index in [4.69, 9.17) is 4.74 Å². The molecule has 0 aliphatic heterocycles. The number of aryl methyl sites for hydroxylation is 2. The molecule has 31 heavy (non-hydrogen) atoms. The molecule has 0 saturated carbocycles. The minimum Gasteiger partial charge on any atom is -0.456 e. The quantitative estimate of drug-likeness (QED) is 0.444. The van der Waals surface area contributed by atoms with Crippen LogP contribution in [0.2, 0.25) is 0 Å². The Kier molecular flexibility index (Phi) is 6.03. The van der Waals surface area contributed by atoms with Crippen molar-refractivity contribution in [3.63, 3.8) is 0 Å². The molecule has 0 atom stereocenters. The van der Waals surface area contributed by atoms with Gasteiger partial charge >= 0.3 is 5.97 Å². The predicted molar refractivity (Wildman–Crippen MR) is 118 cm³/mol. The molecule has 0 aliphatic carbocycles. The Labute approximate surface area is 182 Å². The van der Waals surface area contributed by atoms with E-state index in [1.807, 2.05) is 44.2 Å². The summed E-state index contributed by atoms with van der Waals surface area (Å²) < 4.78 is 7.13. The van der Waals surface area contributed by atoms with Crippen LogP contribution in [0.4, 0.5) is 5.69 Å². The second kappa shape index (κ2) is 9.05. The summed E-state index contributed by atoms with van der Waals surface area (Å²) >= 11 is 1.36. The number of carbonyl (C=O) groups excluding carboxylic acids is 2. The zero-order valence-electron chi connectivity index (χ0n) is 17.2. The number of rotatable bonds is 7. The normalized spacial score (nSPS) is 10.9. The van der Waals surface area contributed by atoms with Gasteiger partial charge in [-0.15, -0.1) is 16.4 Å². The number of carbonyl (C=O) groups is 2. The summed E-state index contributed by atoms with van der Waals surface area (Å²) in [5, 5.41) is 13.4. The number of hydrogen-bond donors (Lipinski definition) is 1. The number of amides is 1. The van der Waals surface area contributed by atoms with E-state index in [0.717, 1.165) is 16.8 Å². The molecule has 2 aromatic heterocycles. The molecule has 0 spiro atoms. The summed E-state index contributed by atoms with van der Waals surface area (Å²) in [6.45, 7) is 4.71. The Hall–Kier alpha value is -3.59. The van der Waals surface area contributed by atoms with Crippen LogP contribution in [0.1, 0.15) is 33.5 Å². The Bertz CT molecular complexity index is 1230. The van der Waals surface area contributed by atoms with Gasteiger partial charge in [0.25, 0.3) is 0 Å². The van der Waals surface area contributed by atoms with Crippen molar-refractivity contribution in [3.05, 3.63) is 69.7 Å². The lowest BCUT2D eigenvalue weighted by atomic mass is 10.2. The van der Waals surface area contributed by atoms with Gasteiger partial charge in [0, 0.05) is 17.6 Å². The molecule has 158 valence electrons. The second-order valence-electron chi connectivity index (χ2n) is 7.01. The molecule has 0 radical (unpaired) electrons. The first-order valence-electron chi connectivity index (χ1n) is 9.82. The summed E-state index contributed by atoms with van der Waals surface area (Å²) in [6.07, 6.45) is 0.163. The van der Waals surface area contributed by atoms with Crippen LogP contribution in [-0.2, 0) is 29.1 Å². The van der Waals surface area contributed by atoms with Crippen molar-refractivity contribution in [3.8, 4) is 0 Å². The molecular formula is C22H21N5O3S. The average molecular weight is 436 g/mol. The Balaban J connectivity index is 1.32. The van der Waals surface area contributed by atoms with Crippen LogP contribution in [0.5, 0.6) is 0 Å². The van der Waals surface area contributed by atoms with Crippen molar-refractivity contribution in [1.29, 1.82) is 0 Å². The summed E-state index contributed by atoms with van der Waals surface area (Å²) in [5.41, 5.74) is 4.40. The zero-order valence-corrected chi connectivity index (χ0v) is 18.0. The Morgan fingerprint density at radius 2 is 1.97 bits per heavy atom. The lowest BCUT2D eigenvalue weighted by molar-refractivity contribution is -0.115. The van der Waals surface area contributed by atoms with Crippen LogP contribution in [-0.4, -0.2) is 31.9 Å². The number of esters is 1. The topological polar surface area (TPSA) is 99.0 Å². The molecule has 0 saturated heterocycles. The van der Waals surface area contributed by atoms with Gasteiger partial charge in [0.1, 0.15) is 17.1 Å². The van der Waals surface area contributed by atoms with Gasteiger partial charge in [0.05, 0.1) is 23.2 Å². The number of ether oxygens (including phenoxy) is 1. The zero-order chi connectivity index (χ0) is 21.8. The van der Waals surface area contributed by atoms with Crippen molar-refractivity contribution in [2.24, 2.45) is 0 Å². The van der Waals surface area contributed by atoms with Crippen LogP contribution >= 0.6 is 11.3 Å². The van der Waals surface area contributed by atoms with E-state index < -0.39 is 5.97 Å². The molecule has 9 heteroatoms. The maximum Gasteiger partial charge on any atom is 0.338 e. The van der Waals surface area contributed by atoms with E-state index in [9.17, 15) is 9.59 Å². The number of benzene rings is 2. The van der Waals surface area contributed by atoms with Crippen molar-refractivity contribution >= 4 is 39.9 Å². The van der Waals surface area contributed by atoms with E-state index in [1.54, 1.807) is 22.2 Å². The largest absolute Gasteiger partial charge is 0.456 e. The summed E-state index contributed by atoms with van der Waals surface area (Å²) in [7, 11) is 0. The number of fused-ring (bicyclic) bond motifs is 1. The molecule has 8 nitrogen and oxygen atoms in total. The highest BCUT2D eigenvalue weighted by Gasteiger charge is 2.13. The van der Waals surface area contributed by atoms with Gasteiger partial charge < -0.3 is 10.1 Å². The van der Waals surface area contributed by atoms with Gasteiger partial charge in [-0.05, 0) is 44.2 Å². The van der Waals surface area contributed by atoms with Crippen LogP contribution in [0.25, 0.3) is 11.0 Å². The molecule has 0 aliphatic rings. The van der Waals surface area contributed by atoms with E-state index in [-0.39, 0.29) is 18.9 Å². The van der Waals surface area contributed by atoms with E-state index >= 15 is 0 Å². The first-order chi connectivity index (χ1) is 15.0. The maximum absolute atomic E-state index is 12.4. The van der Waals surface area contributed by atoms with Crippen LogP contribution in [0.3, 0.4) is 0 Å². The lowest BCUT2D eigenvalue weighted by Crippen LogP contribution is -2.14. The predicted octanol–water partition coefficient (Wildman–Crippen LogP) is 3.75. The van der Waals surface area contributed by atoms with Gasteiger partial charge in [-0.25, -0.2) is 14.5 Å². The molecule has 2 heterocycles. The second-order valence-corrected chi connectivity index (χ2v) is 7.95. The Morgan fingerprint density at radius 3 is 2.74 bits per heavy atom. The number of nitrogens with zero attached hydrogens (tertiary/aromatic N) is 4. The highest BCUT2D eigenvalue weighted by molar-refractivity contribution is 7.09. The highest BCUT2D eigenvalue weighted by Crippen LogP contribution is 2.17. The van der Waals surface area contributed by atoms with Gasteiger partial charge in [-0.3, -0.25) is 4.79 Å². The highest BCUT2D eigenvalue weighted by atomic mass is 32.1. The van der Waals surface area contributed by atoms with Crippen molar-refractivity contribution in [1.82, 2.24) is 20.0 Å². The van der Waals surface area contributed by atoms with Gasteiger partial charge in [0.15, 0.2) is 0 Å². The SMILES string of the molecule is CCn1nnc2cc(C(=O)OCc3csc(CC(=O)Nc4ccc(C)cc4)n3)ccc21. The number of hydrogen-bond acceptors (Lipinski definition) is 7. The minimum absolute atomic E-state index is 0.0363. The van der Waals surface area contributed by atoms with Crippen molar-refractivity contribution < 1.29 is 14.3 Å². The lowest BCUT2D eigenvalue weighted by Gasteiger charge is -2.04. The Morgan fingerprint density at radius 1 is 1.16 bits per heavy atom. The van der Waals surface area contributed by atoms with Gasteiger partial charge in [-0.1, -0.05) is 22.9 Å². The fourth-order valence-electron chi connectivity index (χ4n) is 3.03. The molecule has 0 bridgehead atoms. The third kappa shape index (κ3) is 4.95. The van der Waals surface area contributed by atoms with E-state index in [2.05, 4.69) is 20.6 Å². The molecule has 2 aromatic carbocycles. The molecule has 1 amide bonds. The number of nitrogens with one attached hydrogen (secondary N) is 1. The number of thiazole rings is 1. The molecule has 0 unspecified atom stereocenters. The van der Waals surface area contributed by atoms with Crippen LogP contribution < -0.4 is 5.32 Å². The summed E-state index contributed by atoms with van der Waals surface area (Å²) in [5.74, 6) is -0.602. The van der Waals surface area contributed by atoms with Gasteiger partial charge in [0.2, 0.25) is 5.91 Å². The van der Waals surface area contributed by atoms with Crippen LogP contribution in [0, 0.1) is 6.92 Å². The minimum atomic E-state index is -0.459. The third-order valence-corrected chi connectivity index (χ3v) is 5.54. The third-order valence-electron chi connectivity index (χ3n) is 4.65. The fourth-order valence-corrected chi connectivity index (χ4v) is 3.81. The first kappa shape index (κ1) is 20.7. The van der Waals surface area contributed by atoms with E-state index in [0.29, 0.717) is 28.3 Å². The van der Waals surface area contributed by atoms with Gasteiger partial charge in [-0.2, -0.15) is 0 Å². The van der Waals surface area contributed by atoms with E-state index in [1.165, 1.54) is 11.3 Å². The molecule has 4 rings (SSSR count). The standard InChI is InChI=1S/C22H21N5O3S/c1-3-27-19-9-6-15(10-18(19)25-26-27)22(29)30-12-17-13-31-21(24-17)11-20(28)23-16-7-4-14(2)5-8-16/h4-10,13H,3,11-12H2,1-2H3,(H,23,28). The molecule has 4 aromatic rings. The van der Waals surface area contributed by atoms with Crippen LogP contribution in [0.15, 0.2) is 47.8 Å². The van der Waals surface area contributed by atoms with Crippen molar-refractivity contribution in [2.45, 2.75) is 33.4 Å². The summed E-state index contributed by atoms with van der Waals surface area (Å²) in [4.78, 5) is 29.0.